The Hall–Kier alpha value is -1.55. The van der Waals surface area contributed by atoms with E-state index in [9.17, 15) is 4.79 Å². The van der Waals surface area contributed by atoms with Crippen LogP contribution in [0.5, 0.6) is 5.75 Å². The van der Waals surface area contributed by atoms with Crippen LogP contribution < -0.4 is 4.74 Å². The molecule has 0 aliphatic rings. The second-order valence-corrected chi connectivity index (χ2v) is 6.74. The molecule has 136 valence electrons. The lowest BCUT2D eigenvalue weighted by Crippen LogP contribution is -2.29. The summed E-state index contributed by atoms with van der Waals surface area (Å²) in [6.45, 7) is 9.45. The molecule has 4 heteroatoms. The molecule has 1 aromatic rings. The third-order valence-corrected chi connectivity index (χ3v) is 4.09. The number of hydrogen-bond acceptors (Lipinski definition) is 4. The van der Waals surface area contributed by atoms with Gasteiger partial charge in [-0.2, -0.15) is 0 Å². The molecular formula is C20H32O4. The first kappa shape index (κ1) is 20.5. The Balaban J connectivity index is 1.99. The predicted octanol–water partition coefficient (Wildman–Crippen LogP) is 4.62. The molecule has 1 unspecified atom stereocenters. The lowest BCUT2D eigenvalue weighted by Gasteiger charge is -2.22. The van der Waals surface area contributed by atoms with Crippen molar-refractivity contribution in [2.75, 3.05) is 19.8 Å². The van der Waals surface area contributed by atoms with Crippen LogP contribution >= 0.6 is 0 Å². The Morgan fingerprint density at radius 3 is 2.42 bits per heavy atom. The van der Waals surface area contributed by atoms with Gasteiger partial charge in [-0.1, -0.05) is 25.1 Å². The summed E-state index contributed by atoms with van der Waals surface area (Å²) in [5.41, 5.74) is -0.418. The number of hydrogen-bond donors (Lipinski definition) is 0. The smallest absolute Gasteiger partial charge is 0.311 e. The highest BCUT2D eigenvalue weighted by atomic mass is 16.6. The first-order chi connectivity index (χ1) is 11.5. The van der Waals surface area contributed by atoms with Crippen LogP contribution in [0.4, 0.5) is 0 Å². The zero-order valence-electron chi connectivity index (χ0n) is 15.5. The summed E-state index contributed by atoms with van der Waals surface area (Å²) < 4.78 is 16.6. The maximum Gasteiger partial charge on any atom is 0.311 e. The summed E-state index contributed by atoms with van der Waals surface area (Å²) in [5, 5.41) is 0. The van der Waals surface area contributed by atoms with Gasteiger partial charge < -0.3 is 14.2 Å². The van der Waals surface area contributed by atoms with Crippen LogP contribution in [0.2, 0.25) is 0 Å². The minimum Gasteiger partial charge on any atom is -0.494 e. The van der Waals surface area contributed by atoms with Gasteiger partial charge in [-0.3, -0.25) is 4.79 Å². The number of carbonyl (C=O) groups excluding carboxylic acids is 1. The van der Waals surface area contributed by atoms with Crippen LogP contribution in [0, 0.1) is 5.41 Å². The quantitative estimate of drug-likeness (QED) is 0.413. The molecule has 0 bridgehead atoms. The maximum atomic E-state index is 11.9. The molecule has 0 aliphatic carbocycles. The van der Waals surface area contributed by atoms with E-state index in [1.54, 1.807) is 0 Å². The van der Waals surface area contributed by atoms with Gasteiger partial charge in [-0.05, 0) is 58.6 Å². The largest absolute Gasteiger partial charge is 0.494 e. The van der Waals surface area contributed by atoms with Crippen molar-refractivity contribution in [3.05, 3.63) is 30.3 Å². The molecule has 0 heterocycles. The third kappa shape index (κ3) is 8.34. The topological polar surface area (TPSA) is 44.8 Å². The fourth-order valence-electron chi connectivity index (χ4n) is 1.95. The molecular weight excluding hydrogens is 304 g/mol. The number of benzene rings is 1. The Morgan fingerprint density at radius 2 is 1.75 bits per heavy atom. The van der Waals surface area contributed by atoms with E-state index in [1.807, 2.05) is 58.0 Å². The second-order valence-electron chi connectivity index (χ2n) is 6.74. The molecule has 0 N–H and O–H groups in total. The van der Waals surface area contributed by atoms with Crippen molar-refractivity contribution >= 4 is 5.97 Å². The van der Waals surface area contributed by atoms with Gasteiger partial charge in [0.2, 0.25) is 0 Å². The highest BCUT2D eigenvalue weighted by molar-refractivity contribution is 5.75. The summed E-state index contributed by atoms with van der Waals surface area (Å²) in [6, 6.07) is 9.85. The van der Waals surface area contributed by atoms with Crippen molar-refractivity contribution in [1.82, 2.24) is 0 Å². The second kappa shape index (κ2) is 11.1. The average Bonchev–Trinajstić information content (AvgIpc) is 2.59. The summed E-state index contributed by atoms with van der Waals surface area (Å²) in [5.74, 6) is 0.762. The maximum absolute atomic E-state index is 11.9. The van der Waals surface area contributed by atoms with Gasteiger partial charge in [0.05, 0.1) is 18.1 Å². The van der Waals surface area contributed by atoms with Crippen LogP contribution in [-0.2, 0) is 14.3 Å². The number of esters is 1. The van der Waals surface area contributed by atoms with Crippen LogP contribution in [-0.4, -0.2) is 31.9 Å². The molecule has 0 aromatic heterocycles. The molecule has 24 heavy (non-hydrogen) atoms. The van der Waals surface area contributed by atoms with E-state index >= 15 is 0 Å². The first-order valence-electron chi connectivity index (χ1n) is 8.92. The van der Waals surface area contributed by atoms with E-state index in [1.165, 1.54) is 0 Å². The van der Waals surface area contributed by atoms with E-state index < -0.39 is 5.41 Å². The highest BCUT2D eigenvalue weighted by Crippen LogP contribution is 2.21. The Morgan fingerprint density at radius 1 is 1.08 bits per heavy atom. The molecule has 0 spiro atoms. The van der Waals surface area contributed by atoms with Crippen molar-refractivity contribution in [2.24, 2.45) is 5.41 Å². The van der Waals surface area contributed by atoms with Crippen molar-refractivity contribution in [3.8, 4) is 5.75 Å². The lowest BCUT2D eigenvalue weighted by molar-refractivity contribution is -0.158. The number of para-hydroxylation sites is 1. The van der Waals surface area contributed by atoms with Gasteiger partial charge in [-0.25, -0.2) is 0 Å². The van der Waals surface area contributed by atoms with Gasteiger partial charge in [0.15, 0.2) is 0 Å². The van der Waals surface area contributed by atoms with E-state index in [0.29, 0.717) is 13.2 Å². The molecule has 0 radical (unpaired) electrons. The Kier molecular flexibility index (Phi) is 9.46. The van der Waals surface area contributed by atoms with Gasteiger partial charge in [0.1, 0.15) is 12.4 Å². The molecule has 0 aliphatic heterocycles. The zero-order valence-corrected chi connectivity index (χ0v) is 15.5. The minimum absolute atomic E-state index is 0.0674. The molecule has 1 aromatic carbocycles. The fourth-order valence-corrected chi connectivity index (χ4v) is 1.95. The fraction of sp³-hybridized carbons (Fsp3) is 0.650. The third-order valence-electron chi connectivity index (χ3n) is 4.09. The van der Waals surface area contributed by atoms with Gasteiger partial charge >= 0.3 is 5.97 Å². The average molecular weight is 336 g/mol. The van der Waals surface area contributed by atoms with Crippen LogP contribution in [0.3, 0.4) is 0 Å². The number of unbranched alkanes of at least 4 members (excludes halogenated alkanes) is 2. The predicted molar refractivity (Wildman–Crippen MR) is 96.2 cm³/mol. The summed E-state index contributed by atoms with van der Waals surface area (Å²) in [6.07, 6.45) is 3.75. The van der Waals surface area contributed by atoms with Gasteiger partial charge in [-0.15, -0.1) is 0 Å². The standard InChI is InChI=1S/C20H32O4/c1-5-20(3,4)19(21)24-16-17(2)22-14-10-7-11-15-23-18-12-8-6-9-13-18/h6,8-9,12-13,17H,5,7,10-11,14-16H2,1-4H3. The van der Waals surface area contributed by atoms with E-state index in [2.05, 4.69) is 0 Å². The molecule has 0 saturated heterocycles. The molecule has 0 fully saturated rings. The Bertz CT molecular complexity index is 456. The molecule has 0 saturated carbocycles. The van der Waals surface area contributed by atoms with E-state index in [0.717, 1.165) is 38.0 Å². The summed E-state index contributed by atoms with van der Waals surface area (Å²) >= 11 is 0. The minimum atomic E-state index is -0.418. The lowest BCUT2D eigenvalue weighted by atomic mass is 9.91. The van der Waals surface area contributed by atoms with Crippen molar-refractivity contribution < 1.29 is 19.0 Å². The highest BCUT2D eigenvalue weighted by Gasteiger charge is 2.27. The number of ether oxygens (including phenoxy) is 3. The van der Waals surface area contributed by atoms with Crippen LogP contribution in [0.15, 0.2) is 30.3 Å². The van der Waals surface area contributed by atoms with Crippen LogP contribution in [0.1, 0.15) is 53.4 Å². The molecule has 1 rings (SSSR count). The first-order valence-corrected chi connectivity index (χ1v) is 8.92. The molecule has 1 atom stereocenters. The molecule has 4 nitrogen and oxygen atoms in total. The number of carbonyl (C=O) groups is 1. The SMILES string of the molecule is CCC(C)(C)C(=O)OCC(C)OCCCCCOc1ccccc1. The van der Waals surface area contributed by atoms with Crippen molar-refractivity contribution in [1.29, 1.82) is 0 Å². The van der Waals surface area contributed by atoms with Crippen molar-refractivity contribution in [2.45, 2.75) is 59.5 Å². The Labute approximate surface area is 146 Å². The van der Waals surface area contributed by atoms with Gasteiger partial charge in [0, 0.05) is 6.61 Å². The van der Waals surface area contributed by atoms with Gasteiger partial charge in [0.25, 0.3) is 0 Å². The molecule has 0 amide bonds. The van der Waals surface area contributed by atoms with E-state index in [-0.39, 0.29) is 12.1 Å². The number of rotatable bonds is 12. The summed E-state index contributed by atoms with van der Waals surface area (Å²) in [7, 11) is 0. The van der Waals surface area contributed by atoms with Crippen molar-refractivity contribution in [3.63, 3.8) is 0 Å². The summed E-state index contributed by atoms with van der Waals surface area (Å²) in [4.78, 5) is 11.9. The van der Waals surface area contributed by atoms with Crippen LogP contribution in [0.25, 0.3) is 0 Å². The normalized spacial score (nSPS) is 12.7. The monoisotopic (exact) mass is 336 g/mol. The van der Waals surface area contributed by atoms with E-state index in [4.69, 9.17) is 14.2 Å². The zero-order chi connectivity index (χ0) is 17.8.